The molecule has 8 heteroatoms. The molecule has 0 aliphatic carbocycles. The van der Waals surface area contributed by atoms with Crippen LogP contribution in [0, 0.1) is 0 Å². The molecule has 124 valence electrons. The molecule has 0 N–H and O–H groups in total. The summed E-state index contributed by atoms with van der Waals surface area (Å²) in [7, 11) is 2.92. The van der Waals surface area contributed by atoms with Gasteiger partial charge >= 0.3 is 11.7 Å². The molecule has 24 heavy (non-hydrogen) atoms. The Kier molecular flexibility index (Phi) is 4.03. The van der Waals surface area contributed by atoms with Crippen LogP contribution in [-0.2, 0) is 36.8 Å². The Bertz CT molecular complexity index is 1010. The van der Waals surface area contributed by atoms with Crippen LogP contribution in [0.1, 0.15) is 5.56 Å². The van der Waals surface area contributed by atoms with E-state index in [1.807, 2.05) is 30.3 Å². The molecule has 0 radical (unpaired) electrons. The van der Waals surface area contributed by atoms with Gasteiger partial charge in [-0.1, -0.05) is 30.3 Å². The van der Waals surface area contributed by atoms with Gasteiger partial charge in [-0.25, -0.2) is 9.78 Å². The van der Waals surface area contributed by atoms with Crippen molar-refractivity contribution in [2.24, 2.45) is 14.1 Å². The first-order chi connectivity index (χ1) is 11.5. The largest absolute Gasteiger partial charge is 0.444 e. The number of fused-ring (bicyclic) bond motifs is 1. The number of carbonyl (C=O) groups excluding carboxylic acids is 1. The predicted octanol–water partition coefficient (Wildman–Crippen LogP) is 0.177. The number of ether oxygens (including phenoxy) is 1. The van der Waals surface area contributed by atoms with Gasteiger partial charge in [0.2, 0.25) is 0 Å². The summed E-state index contributed by atoms with van der Waals surface area (Å²) in [6, 6.07) is 9.22. The average Bonchev–Trinajstić information content (AvgIpc) is 3.01. The molecule has 0 aliphatic rings. The molecule has 0 saturated heterocycles. The van der Waals surface area contributed by atoms with Crippen molar-refractivity contribution in [3.63, 3.8) is 0 Å². The van der Waals surface area contributed by atoms with Crippen LogP contribution in [-0.4, -0.2) is 24.7 Å². The number of carbonyl (C=O) groups is 1. The molecule has 0 aliphatic heterocycles. The van der Waals surface area contributed by atoms with Crippen molar-refractivity contribution in [3.05, 3.63) is 63.1 Å². The standard InChI is InChI=1S/C16H16N4O4/c1-18-14-13(15(22)19(2)16(18)23)20(9-17-14)10-24-12(21)8-11-6-4-3-5-7-11/h3-7,9H,8,10H2,1-2H3. The normalized spacial score (nSPS) is 10.9. The SMILES string of the molecule is Cn1c(=O)c2c(ncn2COC(=O)Cc2ccccc2)n(C)c1=O. The van der Waals surface area contributed by atoms with Gasteiger partial charge in [0.05, 0.1) is 6.42 Å². The first-order valence-electron chi connectivity index (χ1n) is 7.29. The summed E-state index contributed by atoms with van der Waals surface area (Å²) in [5, 5.41) is 0. The van der Waals surface area contributed by atoms with Crippen LogP contribution in [0.2, 0.25) is 0 Å². The van der Waals surface area contributed by atoms with E-state index in [0.717, 1.165) is 10.1 Å². The van der Waals surface area contributed by atoms with E-state index in [1.165, 1.54) is 29.6 Å². The molecule has 2 heterocycles. The lowest BCUT2D eigenvalue weighted by Crippen LogP contribution is -2.37. The fraction of sp³-hybridized carbons (Fsp3) is 0.250. The second-order valence-corrected chi connectivity index (χ2v) is 5.40. The van der Waals surface area contributed by atoms with E-state index in [4.69, 9.17) is 4.74 Å². The number of aromatic nitrogens is 4. The summed E-state index contributed by atoms with van der Waals surface area (Å²) in [4.78, 5) is 40.1. The van der Waals surface area contributed by atoms with Crippen molar-refractivity contribution in [3.8, 4) is 0 Å². The lowest BCUT2D eigenvalue weighted by atomic mass is 10.2. The van der Waals surface area contributed by atoms with Gasteiger partial charge in [-0.3, -0.25) is 23.3 Å². The van der Waals surface area contributed by atoms with Gasteiger partial charge in [0.25, 0.3) is 5.56 Å². The highest BCUT2D eigenvalue weighted by Crippen LogP contribution is 2.06. The molecule has 0 spiro atoms. The predicted molar refractivity (Wildman–Crippen MR) is 86.5 cm³/mol. The molecule has 2 aromatic heterocycles. The Balaban J connectivity index is 1.83. The van der Waals surface area contributed by atoms with Crippen LogP contribution in [0.25, 0.3) is 11.2 Å². The van der Waals surface area contributed by atoms with Crippen LogP contribution in [0.3, 0.4) is 0 Å². The van der Waals surface area contributed by atoms with Gasteiger partial charge in [-0.05, 0) is 5.56 Å². The van der Waals surface area contributed by atoms with Crippen LogP contribution in [0.4, 0.5) is 0 Å². The van der Waals surface area contributed by atoms with Gasteiger partial charge in [0.15, 0.2) is 17.9 Å². The Labute approximate surface area is 136 Å². The highest BCUT2D eigenvalue weighted by Gasteiger charge is 2.15. The first kappa shape index (κ1) is 15.7. The third-order valence-corrected chi connectivity index (χ3v) is 3.77. The zero-order valence-electron chi connectivity index (χ0n) is 13.3. The Hall–Kier alpha value is -3.16. The number of imidazole rings is 1. The van der Waals surface area contributed by atoms with E-state index in [1.54, 1.807) is 0 Å². The van der Waals surface area contributed by atoms with Crippen molar-refractivity contribution < 1.29 is 9.53 Å². The third kappa shape index (κ3) is 2.73. The van der Waals surface area contributed by atoms with Crippen LogP contribution in [0.5, 0.6) is 0 Å². The van der Waals surface area contributed by atoms with Gasteiger partial charge in [-0.15, -0.1) is 0 Å². The zero-order valence-corrected chi connectivity index (χ0v) is 13.3. The minimum atomic E-state index is -0.482. The van der Waals surface area contributed by atoms with E-state index in [0.29, 0.717) is 0 Å². The van der Waals surface area contributed by atoms with Crippen molar-refractivity contribution >= 4 is 17.1 Å². The molecule has 0 amide bonds. The quantitative estimate of drug-likeness (QED) is 0.637. The minimum Gasteiger partial charge on any atom is -0.444 e. The Morgan fingerprint density at radius 2 is 1.83 bits per heavy atom. The number of esters is 1. The topological polar surface area (TPSA) is 88.1 Å². The van der Waals surface area contributed by atoms with Crippen molar-refractivity contribution in [1.82, 2.24) is 18.7 Å². The zero-order chi connectivity index (χ0) is 17.3. The second-order valence-electron chi connectivity index (χ2n) is 5.40. The van der Waals surface area contributed by atoms with Crippen molar-refractivity contribution in [2.75, 3.05) is 0 Å². The maximum atomic E-state index is 12.3. The number of benzene rings is 1. The monoisotopic (exact) mass is 328 g/mol. The maximum Gasteiger partial charge on any atom is 0.332 e. The van der Waals surface area contributed by atoms with E-state index in [2.05, 4.69) is 4.98 Å². The fourth-order valence-corrected chi connectivity index (χ4v) is 2.45. The molecular weight excluding hydrogens is 312 g/mol. The maximum absolute atomic E-state index is 12.3. The van der Waals surface area contributed by atoms with E-state index in [-0.39, 0.29) is 24.3 Å². The first-order valence-corrected chi connectivity index (χ1v) is 7.29. The molecule has 0 saturated carbocycles. The second kappa shape index (κ2) is 6.15. The fourth-order valence-electron chi connectivity index (χ4n) is 2.45. The summed E-state index contributed by atoms with van der Waals surface area (Å²) < 4.78 is 8.90. The number of rotatable bonds is 4. The average molecular weight is 328 g/mol. The number of hydrogen-bond donors (Lipinski definition) is 0. The van der Waals surface area contributed by atoms with Gasteiger partial charge in [0, 0.05) is 14.1 Å². The molecule has 1 aromatic carbocycles. The molecular formula is C16H16N4O4. The van der Waals surface area contributed by atoms with Crippen molar-refractivity contribution in [2.45, 2.75) is 13.2 Å². The van der Waals surface area contributed by atoms with Gasteiger partial charge in [0.1, 0.15) is 6.33 Å². The summed E-state index contributed by atoms with van der Waals surface area (Å²) in [6.45, 7) is -0.143. The molecule has 8 nitrogen and oxygen atoms in total. The van der Waals surface area contributed by atoms with Crippen LogP contribution >= 0.6 is 0 Å². The van der Waals surface area contributed by atoms with Crippen LogP contribution < -0.4 is 11.2 Å². The summed E-state index contributed by atoms with van der Waals surface area (Å²) in [5.74, 6) is -0.412. The molecule has 3 rings (SSSR count). The molecule has 0 bridgehead atoms. The molecule has 0 atom stereocenters. The minimum absolute atomic E-state index is 0.143. The summed E-state index contributed by atoms with van der Waals surface area (Å²) in [6.07, 6.45) is 1.52. The molecule has 0 fully saturated rings. The summed E-state index contributed by atoms with van der Waals surface area (Å²) >= 11 is 0. The smallest absolute Gasteiger partial charge is 0.332 e. The van der Waals surface area contributed by atoms with Gasteiger partial charge < -0.3 is 4.74 Å². The molecule has 3 aromatic rings. The van der Waals surface area contributed by atoms with E-state index >= 15 is 0 Å². The number of hydrogen-bond acceptors (Lipinski definition) is 5. The lowest BCUT2D eigenvalue weighted by molar-refractivity contribution is -0.146. The highest BCUT2D eigenvalue weighted by atomic mass is 16.5. The van der Waals surface area contributed by atoms with E-state index in [9.17, 15) is 14.4 Å². The van der Waals surface area contributed by atoms with Crippen molar-refractivity contribution in [1.29, 1.82) is 0 Å². The van der Waals surface area contributed by atoms with E-state index < -0.39 is 17.2 Å². The summed E-state index contributed by atoms with van der Waals surface area (Å²) in [5.41, 5.74) is 0.370. The third-order valence-electron chi connectivity index (χ3n) is 3.77. The number of nitrogens with zero attached hydrogens (tertiary/aromatic N) is 4. The Morgan fingerprint density at radius 1 is 1.12 bits per heavy atom. The van der Waals surface area contributed by atoms with Crippen LogP contribution in [0.15, 0.2) is 46.2 Å². The molecule has 0 unspecified atom stereocenters. The highest BCUT2D eigenvalue weighted by molar-refractivity contribution is 5.73. The lowest BCUT2D eigenvalue weighted by Gasteiger charge is -2.08. The number of aryl methyl sites for hydroxylation is 1. The van der Waals surface area contributed by atoms with Gasteiger partial charge in [-0.2, -0.15) is 0 Å². The Morgan fingerprint density at radius 3 is 2.54 bits per heavy atom.